The predicted octanol–water partition coefficient (Wildman–Crippen LogP) is 4.79. The number of para-hydroxylation sites is 1. The number of methoxy groups -OCH3 is 1. The van der Waals surface area contributed by atoms with E-state index in [-0.39, 0.29) is 6.61 Å². The van der Waals surface area contributed by atoms with Crippen molar-refractivity contribution in [1.82, 2.24) is 4.90 Å². The molecule has 1 N–H and O–H groups in total. The van der Waals surface area contributed by atoms with Crippen LogP contribution in [0.15, 0.2) is 78.9 Å². The minimum Gasteiger partial charge on any atom is -0.496 e. The van der Waals surface area contributed by atoms with Gasteiger partial charge in [0.05, 0.1) is 7.11 Å². The molecular formula is C24H26ClNO3. The first-order valence-corrected chi connectivity index (χ1v) is 9.96. The summed E-state index contributed by atoms with van der Waals surface area (Å²) in [5.41, 5.74) is 2.27. The van der Waals surface area contributed by atoms with Crippen molar-refractivity contribution < 1.29 is 14.6 Å². The van der Waals surface area contributed by atoms with Crippen LogP contribution in [0.4, 0.5) is 0 Å². The Kier molecular flexibility index (Phi) is 7.94. The van der Waals surface area contributed by atoms with Crippen molar-refractivity contribution in [2.75, 3.05) is 20.3 Å². The van der Waals surface area contributed by atoms with Gasteiger partial charge in [0, 0.05) is 30.2 Å². The maximum Gasteiger partial charge on any atom is 0.123 e. The Hall–Kier alpha value is -2.53. The highest BCUT2D eigenvalue weighted by Gasteiger charge is 2.15. The summed E-state index contributed by atoms with van der Waals surface area (Å²) in [5.74, 6) is 1.53. The van der Waals surface area contributed by atoms with Gasteiger partial charge < -0.3 is 14.6 Å². The van der Waals surface area contributed by atoms with Crippen LogP contribution in [0.25, 0.3) is 0 Å². The highest BCUT2D eigenvalue weighted by atomic mass is 35.5. The first kappa shape index (κ1) is 21.2. The van der Waals surface area contributed by atoms with Crippen LogP contribution in [-0.2, 0) is 13.1 Å². The molecule has 0 aliphatic rings. The second-order valence-corrected chi connectivity index (χ2v) is 7.32. The molecule has 29 heavy (non-hydrogen) atoms. The maximum absolute atomic E-state index is 10.6. The third-order valence-electron chi connectivity index (χ3n) is 4.56. The molecule has 0 saturated heterocycles. The molecule has 0 bridgehead atoms. The fourth-order valence-electron chi connectivity index (χ4n) is 3.18. The number of hydrogen-bond acceptors (Lipinski definition) is 4. The van der Waals surface area contributed by atoms with Crippen molar-refractivity contribution in [2.24, 2.45) is 0 Å². The molecule has 0 heterocycles. The van der Waals surface area contributed by atoms with Gasteiger partial charge in [-0.2, -0.15) is 0 Å². The molecule has 3 aromatic carbocycles. The van der Waals surface area contributed by atoms with Gasteiger partial charge in [0.1, 0.15) is 24.2 Å². The standard InChI is InChI=1S/C24H26ClNO3/c1-28-24-10-6-5-9-20(24)16-26(15-19-7-3-2-4-8-19)17-22(27)18-29-23-13-11-21(25)12-14-23/h2-14,22,27H,15-18H2,1H3/t22-/m1/s1. The van der Waals surface area contributed by atoms with E-state index in [1.165, 1.54) is 5.56 Å². The molecule has 0 aliphatic carbocycles. The van der Waals surface area contributed by atoms with Crippen molar-refractivity contribution in [3.63, 3.8) is 0 Å². The van der Waals surface area contributed by atoms with Gasteiger partial charge in [0.2, 0.25) is 0 Å². The Labute approximate surface area is 177 Å². The van der Waals surface area contributed by atoms with E-state index in [9.17, 15) is 5.11 Å². The minimum atomic E-state index is -0.635. The SMILES string of the molecule is COc1ccccc1CN(Cc1ccccc1)C[C@@H](O)COc1ccc(Cl)cc1. The number of ether oxygens (including phenoxy) is 2. The number of rotatable bonds is 10. The summed E-state index contributed by atoms with van der Waals surface area (Å²) in [6.45, 7) is 2.06. The van der Waals surface area contributed by atoms with Crippen LogP contribution in [-0.4, -0.2) is 36.4 Å². The molecule has 0 spiro atoms. The molecule has 0 aromatic heterocycles. The zero-order valence-corrected chi connectivity index (χ0v) is 17.3. The van der Waals surface area contributed by atoms with Gasteiger partial charge in [0.25, 0.3) is 0 Å². The van der Waals surface area contributed by atoms with Gasteiger partial charge in [-0.1, -0.05) is 60.1 Å². The van der Waals surface area contributed by atoms with Gasteiger partial charge in [-0.3, -0.25) is 4.90 Å². The third-order valence-corrected chi connectivity index (χ3v) is 4.81. The highest BCUT2D eigenvalue weighted by molar-refractivity contribution is 6.30. The first-order valence-electron chi connectivity index (χ1n) is 9.58. The number of aliphatic hydroxyl groups is 1. The fourth-order valence-corrected chi connectivity index (χ4v) is 3.30. The molecule has 0 fully saturated rings. The van der Waals surface area contributed by atoms with Gasteiger partial charge in [-0.15, -0.1) is 0 Å². The summed E-state index contributed by atoms with van der Waals surface area (Å²) in [5, 5.41) is 11.3. The number of hydrogen-bond donors (Lipinski definition) is 1. The lowest BCUT2D eigenvalue weighted by Gasteiger charge is -2.26. The molecular weight excluding hydrogens is 386 g/mol. The Balaban J connectivity index is 1.65. The molecule has 0 aliphatic heterocycles. The van der Waals surface area contributed by atoms with Crippen molar-refractivity contribution in [3.8, 4) is 11.5 Å². The van der Waals surface area contributed by atoms with E-state index < -0.39 is 6.10 Å². The summed E-state index contributed by atoms with van der Waals surface area (Å²) < 4.78 is 11.2. The van der Waals surface area contributed by atoms with Gasteiger partial charge >= 0.3 is 0 Å². The van der Waals surface area contributed by atoms with E-state index in [2.05, 4.69) is 17.0 Å². The molecule has 152 valence electrons. The smallest absolute Gasteiger partial charge is 0.123 e. The third kappa shape index (κ3) is 6.79. The van der Waals surface area contributed by atoms with E-state index in [1.54, 1.807) is 31.4 Å². The molecule has 0 amide bonds. The van der Waals surface area contributed by atoms with Gasteiger partial charge in [-0.05, 0) is 35.9 Å². The van der Waals surface area contributed by atoms with Gasteiger partial charge in [-0.25, -0.2) is 0 Å². The maximum atomic E-state index is 10.6. The normalized spacial score (nSPS) is 12.0. The molecule has 3 aromatic rings. The number of benzene rings is 3. The largest absolute Gasteiger partial charge is 0.496 e. The Morgan fingerprint density at radius 1 is 0.897 bits per heavy atom. The van der Waals surface area contributed by atoms with Crippen LogP contribution in [0.5, 0.6) is 11.5 Å². The van der Waals surface area contributed by atoms with Crippen LogP contribution >= 0.6 is 11.6 Å². The van der Waals surface area contributed by atoms with Gasteiger partial charge in [0.15, 0.2) is 0 Å². The minimum absolute atomic E-state index is 0.207. The van der Waals surface area contributed by atoms with Crippen molar-refractivity contribution in [3.05, 3.63) is 95.0 Å². The summed E-state index contributed by atoms with van der Waals surface area (Å²) >= 11 is 5.90. The summed E-state index contributed by atoms with van der Waals surface area (Å²) in [6, 6.07) is 25.3. The van der Waals surface area contributed by atoms with E-state index in [4.69, 9.17) is 21.1 Å². The number of aliphatic hydroxyl groups excluding tert-OH is 1. The van der Waals surface area contributed by atoms with Crippen LogP contribution < -0.4 is 9.47 Å². The topological polar surface area (TPSA) is 41.9 Å². The number of nitrogens with zero attached hydrogens (tertiary/aromatic N) is 1. The summed E-state index contributed by atoms with van der Waals surface area (Å²) in [7, 11) is 1.68. The van der Waals surface area contributed by atoms with Crippen LogP contribution in [0, 0.1) is 0 Å². The fraction of sp³-hybridized carbons (Fsp3) is 0.250. The Bertz CT molecular complexity index is 871. The number of halogens is 1. The second kappa shape index (κ2) is 10.9. The van der Waals surface area contributed by atoms with E-state index in [0.717, 1.165) is 17.9 Å². The zero-order chi connectivity index (χ0) is 20.5. The second-order valence-electron chi connectivity index (χ2n) is 6.89. The molecule has 5 heteroatoms. The molecule has 0 saturated carbocycles. The predicted molar refractivity (Wildman–Crippen MR) is 117 cm³/mol. The zero-order valence-electron chi connectivity index (χ0n) is 16.5. The molecule has 4 nitrogen and oxygen atoms in total. The van der Waals surface area contributed by atoms with Crippen molar-refractivity contribution >= 4 is 11.6 Å². The Morgan fingerprint density at radius 3 is 2.31 bits per heavy atom. The highest BCUT2D eigenvalue weighted by Crippen LogP contribution is 2.21. The first-order chi connectivity index (χ1) is 14.1. The molecule has 0 unspecified atom stereocenters. The van der Waals surface area contributed by atoms with Crippen LogP contribution in [0.2, 0.25) is 5.02 Å². The molecule has 0 radical (unpaired) electrons. The summed E-state index contributed by atoms with van der Waals surface area (Å²) in [4.78, 5) is 2.20. The van der Waals surface area contributed by atoms with Crippen LogP contribution in [0.3, 0.4) is 0 Å². The molecule has 3 rings (SSSR count). The average molecular weight is 412 g/mol. The van der Waals surface area contributed by atoms with E-state index >= 15 is 0 Å². The quantitative estimate of drug-likeness (QED) is 0.520. The average Bonchev–Trinajstić information content (AvgIpc) is 2.74. The molecule has 1 atom stereocenters. The lowest BCUT2D eigenvalue weighted by molar-refractivity contribution is 0.0626. The lowest BCUT2D eigenvalue weighted by Crippen LogP contribution is -2.35. The lowest BCUT2D eigenvalue weighted by atomic mass is 10.1. The monoisotopic (exact) mass is 411 g/mol. The van der Waals surface area contributed by atoms with Crippen LogP contribution in [0.1, 0.15) is 11.1 Å². The summed E-state index contributed by atoms with van der Waals surface area (Å²) in [6.07, 6.45) is -0.635. The van der Waals surface area contributed by atoms with Crippen molar-refractivity contribution in [2.45, 2.75) is 19.2 Å². The van der Waals surface area contributed by atoms with Crippen molar-refractivity contribution in [1.29, 1.82) is 0 Å². The Morgan fingerprint density at radius 2 is 1.59 bits per heavy atom. The van der Waals surface area contributed by atoms with E-state index in [0.29, 0.717) is 23.9 Å². The van der Waals surface area contributed by atoms with E-state index in [1.807, 2.05) is 42.5 Å².